The van der Waals surface area contributed by atoms with Crippen LogP contribution in [-0.2, 0) is 24.6 Å². The smallest absolute Gasteiger partial charge is 0.241 e. The standard InChI is InChI=1S/C27H36FN3O4/c1-3-29(4-2)25(34)19-9-8-14-30(18-19)23(32)16-27(20-10-7-11-21(28)15-20)17-24(33)31(26(27)35)22-12-5-6-13-22/h7,10-11,15,19,22H,3-6,8-9,12-14,16-18H2,1-2H3. The Morgan fingerprint density at radius 2 is 1.80 bits per heavy atom. The van der Waals surface area contributed by atoms with E-state index in [9.17, 15) is 23.6 Å². The maximum Gasteiger partial charge on any atom is 0.241 e. The fraction of sp³-hybridized carbons (Fsp3) is 0.630. The van der Waals surface area contributed by atoms with Gasteiger partial charge in [-0.25, -0.2) is 4.39 Å². The molecule has 0 spiro atoms. The van der Waals surface area contributed by atoms with Gasteiger partial charge in [0.1, 0.15) is 5.82 Å². The number of imide groups is 1. The molecule has 2 unspecified atom stereocenters. The third kappa shape index (κ3) is 4.84. The summed E-state index contributed by atoms with van der Waals surface area (Å²) in [7, 11) is 0. The molecule has 3 fully saturated rings. The maximum absolute atomic E-state index is 14.2. The van der Waals surface area contributed by atoms with E-state index in [2.05, 4.69) is 0 Å². The van der Waals surface area contributed by atoms with Crippen LogP contribution in [0.25, 0.3) is 0 Å². The predicted molar refractivity (Wildman–Crippen MR) is 129 cm³/mol. The Hall–Kier alpha value is -2.77. The first-order valence-electron chi connectivity index (χ1n) is 13.0. The lowest BCUT2D eigenvalue weighted by Gasteiger charge is -2.36. The molecule has 1 aliphatic carbocycles. The molecule has 1 aromatic carbocycles. The second kappa shape index (κ2) is 10.5. The van der Waals surface area contributed by atoms with Crippen LogP contribution in [0.3, 0.4) is 0 Å². The van der Waals surface area contributed by atoms with E-state index in [1.54, 1.807) is 15.9 Å². The van der Waals surface area contributed by atoms with Gasteiger partial charge in [0.25, 0.3) is 0 Å². The summed E-state index contributed by atoms with van der Waals surface area (Å²) in [4.78, 5) is 58.3. The Balaban J connectivity index is 1.60. The summed E-state index contributed by atoms with van der Waals surface area (Å²) in [5.74, 6) is -1.66. The van der Waals surface area contributed by atoms with E-state index in [-0.39, 0.29) is 48.4 Å². The van der Waals surface area contributed by atoms with Crippen LogP contribution in [0.15, 0.2) is 24.3 Å². The number of benzene rings is 1. The number of carbonyl (C=O) groups is 4. The van der Waals surface area contributed by atoms with Gasteiger partial charge in [0, 0.05) is 45.1 Å². The lowest BCUT2D eigenvalue weighted by Crippen LogP contribution is -2.49. The number of carbonyl (C=O) groups excluding carboxylic acids is 4. The third-order valence-corrected chi connectivity index (χ3v) is 8.07. The molecule has 0 N–H and O–H groups in total. The number of hydrogen-bond donors (Lipinski definition) is 0. The van der Waals surface area contributed by atoms with Gasteiger partial charge in [-0.05, 0) is 57.2 Å². The van der Waals surface area contributed by atoms with Crippen LogP contribution in [0.1, 0.15) is 70.8 Å². The Labute approximate surface area is 206 Å². The Morgan fingerprint density at radius 1 is 1.09 bits per heavy atom. The average molecular weight is 486 g/mol. The number of nitrogens with zero attached hydrogens (tertiary/aromatic N) is 3. The average Bonchev–Trinajstić information content (AvgIpc) is 3.46. The van der Waals surface area contributed by atoms with E-state index >= 15 is 0 Å². The summed E-state index contributed by atoms with van der Waals surface area (Å²) < 4.78 is 14.2. The number of amides is 4. The monoisotopic (exact) mass is 485 g/mol. The fourth-order valence-corrected chi connectivity index (χ4v) is 6.12. The van der Waals surface area contributed by atoms with Gasteiger partial charge in [0.2, 0.25) is 23.6 Å². The molecule has 0 radical (unpaired) electrons. The normalized spacial score (nSPS) is 25.4. The lowest BCUT2D eigenvalue weighted by molar-refractivity contribution is -0.146. The van der Waals surface area contributed by atoms with Gasteiger partial charge in [-0.3, -0.25) is 24.1 Å². The lowest BCUT2D eigenvalue weighted by atomic mass is 9.75. The van der Waals surface area contributed by atoms with Crippen molar-refractivity contribution in [1.29, 1.82) is 0 Å². The van der Waals surface area contributed by atoms with Gasteiger partial charge < -0.3 is 9.80 Å². The molecule has 8 heteroatoms. The Kier molecular flexibility index (Phi) is 7.57. The summed E-state index contributed by atoms with van der Waals surface area (Å²) in [6.07, 6.45) is 4.56. The molecule has 4 rings (SSSR count). The first-order chi connectivity index (χ1) is 16.8. The molecule has 7 nitrogen and oxygen atoms in total. The first-order valence-corrected chi connectivity index (χ1v) is 13.0. The third-order valence-electron chi connectivity index (χ3n) is 8.07. The van der Waals surface area contributed by atoms with E-state index in [1.807, 2.05) is 13.8 Å². The number of halogens is 1. The summed E-state index contributed by atoms with van der Waals surface area (Å²) in [6, 6.07) is 5.59. The van der Waals surface area contributed by atoms with Crippen LogP contribution in [0.2, 0.25) is 0 Å². The molecule has 2 heterocycles. The van der Waals surface area contributed by atoms with Crippen molar-refractivity contribution in [2.45, 2.75) is 76.7 Å². The highest BCUT2D eigenvalue weighted by Crippen LogP contribution is 2.43. The minimum absolute atomic E-state index is 0.0480. The van der Waals surface area contributed by atoms with Crippen molar-refractivity contribution in [1.82, 2.24) is 14.7 Å². The zero-order valence-corrected chi connectivity index (χ0v) is 20.8. The molecule has 2 aliphatic heterocycles. The summed E-state index contributed by atoms with van der Waals surface area (Å²) in [5, 5.41) is 0. The van der Waals surface area contributed by atoms with Crippen LogP contribution >= 0.6 is 0 Å². The van der Waals surface area contributed by atoms with Crippen LogP contribution in [0.4, 0.5) is 4.39 Å². The maximum atomic E-state index is 14.2. The molecule has 190 valence electrons. The van der Waals surface area contributed by atoms with Crippen LogP contribution in [0.5, 0.6) is 0 Å². The minimum atomic E-state index is -1.41. The van der Waals surface area contributed by atoms with E-state index in [1.165, 1.54) is 23.1 Å². The number of likely N-dealkylation sites (tertiary alicyclic amines) is 2. The molecule has 35 heavy (non-hydrogen) atoms. The van der Waals surface area contributed by atoms with Crippen molar-refractivity contribution in [3.05, 3.63) is 35.6 Å². The van der Waals surface area contributed by atoms with E-state index in [0.29, 0.717) is 38.2 Å². The molecule has 1 aromatic rings. The van der Waals surface area contributed by atoms with Crippen LogP contribution in [0, 0.1) is 11.7 Å². The largest absolute Gasteiger partial charge is 0.343 e. The highest BCUT2D eigenvalue weighted by Gasteiger charge is 2.56. The number of hydrogen-bond acceptors (Lipinski definition) is 4. The van der Waals surface area contributed by atoms with Crippen molar-refractivity contribution < 1.29 is 23.6 Å². The van der Waals surface area contributed by atoms with Crippen molar-refractivity contribution in [2.75, 3.05) is 26.2 Å². The minimum Gasteiger partial charge on any atom is -0.343 e. The van der Waals surface area contributed by atoms with E-state index in [4.69, 9.17) is 0 Å². The van der Waals surface area contributed by atoms with Crippen molar-refractivity contribution in [3.63, 3.8) is 0 Å². The van der Waals surface area contributed by atoms with Gasteiger partial charge in [-0.1, -0.05) is 25.0 Å². The van der Waals surface area contributed by atoms with E-state index in [0.717, 1.165) is 32.1 Å². The quantitative estimate of drug-likeness (QED) is 0.556. The molecular weight excluding hydrogens is 449 g/mol. The van der Waals surface area contributed by atoms with Crippen LogP contribution in [-0.4, -0.2) is 70.5 Å². The molecule has 2 saturated heterocycles. The SMILES string of the molecule is CCN(CC)C(=O)C1CCCN(C(=O)CC2(c3cccc(F)c3)CC(=O)N(C3CCCC3)C2=O)C1. The predicted octanol–water partition coefficient (Wildman–Crippen LogP) is 3.26. The van der Waals surface area contributed by atoms with Crippen molar-refractivity contribution >= 4 is 23.6 Å². The molecule has 0 bridgehead atoms. The molecule has 2 atom stereocenters. The molecule has 3 aliphatic rings. The zero-order valence-electron chi connectivity index (χ0n) is 20.8. The number of rotatable bonds is 7. The number of piperidine rings is 1. The van der Waals surface area contributed by atoms with Gasteiger partial charge in [-0.2, -0.15) is 0 Å². The molecule has 4 amide bonds. The van der Waals surface area contributed by atoms with Crippen molar-refractivity contribution in [2.24, 2.45) is 5.92 Å². The first kappa shape index (κ1) is 25.3. The Morgan fingerprint density at radius 3 is 2.46 bits per heavy atom. The Bertz CT molecular complexity index is 988. The molecular formula is C27H36FN3O4. The van der Waals surface area contributed by atoms with Crippen LogP contribution < -0.4 is 0 Å². The topological polar surface area (TPSA) is 78.0 Å². The van der Waals surface area contributed by atoms with Gasteiger partial charge in [0.15, 0.2) is 0 Å². The molecule has 0 aromatic heterocycles. The summed E-state index contributed by atoms with van der Waals surface area (Å²) >= 11 is 0. The van der Waals surface area contributed by atoms with Gasteiger partial charge in [-0.15, -0.1) is 0 Å². The van der Waals surface area contributed by atoms with Crippen molar-refractivity contribution in [3.8, 4) is 0 Å². The van der Waals surface area contributed by atoms with E-state index < -0.39 is 11.2 Å². The highest BCUT2D eigenvalue weighted by molar-refractivity contribution is 6.11. The molecule has 1 saturated carbocycles. The van der Waals surface area contributed by atoms with Gasteiger partial charge in [0.05, 0.1) is 11.3 Å². The van der Waals surface area contributed by atoms with Gasteiger partial charge >= 0.3 is 0 Å². The summed E-state index contributed by atoms with van der Waals surface area (Å²) in [6.45, 7) is 5.94. The highest BCUT2D eigenvalue weighted by atomic mass is 19.1. The fourth-order valence-electron chi connectivity index (χ4n) is 6.12. The zero-order chi connectivity index (χ0) is 25.2. The second-order valence-corrected chi connectivity index (χ2v) is 10.1. The summed E-state index contributed by atoms with van der Waals surface area (Å²) in [5.41, 5.74) is -1.04. The second-order valence-electron chi connectivity index (χ2n) is 10.1.